The van der Waals surface area contributed by atoms with E-state index in [9.17, 15) is 4.79 Å². The van der Waals surface area contributed by atoms with Crippen molar-refractivity contribution in [3.8, 4) is 0 Å². The van der Waals surface area contributed by atoms with Gasteiger partial charge in [0.25, 0.3) is 5.91 Å². The van der Waals surface area contributed by atoms with E-state index >= 15 is 0 Å². The molecule has 0 radical (unpaired) electrons. The Morgan fingerprint density at radius 3 is 2.50 bits per heavy atom. The Balaban J connectivity index is 2.30. The van der Waals surface area contributed by atoms with Crippen LogP contribution >= 0.6 is 22.9 Å². The van der Waals surface area contributed by atoms with Gasteiger partial charge in [0, 0.05) is 5.56 Å². The average Bonchev–Trinajstić information content (AvgIpc) is 2.28. The first-order valence-corrected chi connectivity index (χ1v) is 6.57. The van der Waals surface area contributed by atoms with Crippen molar-refractivity contribution in [3.05, 3.63) is 47.0 Å². The monoisotopic (exact) mass is 327 g/mol. The highest BCUT2D eigenvalue weighted by Gasteiger charge is 2.09. The zero-order chi connectivity index (χ0) is 11.4. The molecule has 0 saturated carbocycles. The Morgan fingerprint density at radius 2 is 1.81 bits per heavy atom. The van der Waals surface area contributed by atoms with Crippen LogP contribution in [0.5, 0.6) is 0 Å². The van der Waals surface area contributed by atoms with Crippen LogP contribution < -0.4 is 3.53 Å². The molecule has 0 unspecified atom stereocenters. The summed E-state index contributed by atoms with van der Waals surface area (Å²) in [7, 11) is 0. The van der Waals surface area contributed by atoms with E-state index in [4.69, 9.17) is 0 Å². The van der Waals surface area contributed by atoms with Gasteiger partial charge in [0.15, 0.2) is 0 Å². The minimum Gasteiger partial charge on any atom is -0.295 e. The summed E-state index contributed by atoms with van der Waals surface area (Å²) in [5.74, 6) is -0.0130. The Bertz CT molecular complexity index is 426. The van der Waals surface area contributed by atoms with Gasteiger partial charge in [-0.25, -0.2) is 0 Å². The fourth-order valence-electron chi connectivity index (χ4n) is 2.01. The molecule has 1 N–H and O–H groups in total. The Morgan fingerprint density at radius 1 is 1.12 bits per heavy atom. The molecule has 3 heteroatoms. The number of carbonyl (C=O) groups excluding carboxylic acids is 1. The fraction of sp³-hybridized carbons (Fsp3) is 0.308. The SMILES string of the molecule is O=C(NI)c1ccc2c(c1)CC/C=C/CC2. The zero-order valence-corrected chi connectivity index (χ0v) is 11.2. The number of allylic oxidation sites excluding steroid dienone is 2. The number of rotatable bonds is 1. The molecular formula is C13H14INO. The maximum atomic E-state index is 11.5. The second-order valence-corrected chi connectivity index (χ2v) is 4.50. The van der Waals surface area contributed by atoms with Crippen LogP contribution in [0.3, 0.4) is 0 Å². The maximum Gasteiger partial charge on any atom is 0.259 e. The van der Waals surface area contributed by atoms with Gasteiger partial charge < -0.3 is 0 Å². The predicted molar refractivity (Wildman–Crippen MR) is 73.7 cm³/mol. The van der Waals surface area contributed by atoms with E-state index in [0.29, 0.717) is 0 Å². The highest BCUT2D eigenvalue weighted by Crippen LogP contribution is 2.18. The van der Waals surface area contributed by atoms with Gasteiger partial charge in [0.2, 0.25) is 0 Å². The van der Waals surface area contributed by atoms with Crippen molar-refractivity contribution in [1.29, 1.82) is 0 Å². The third kappa shape index (κ3) is 2.64. The van der Waals surface area contributed by atoms with Gasteiger partial charge in [-0.2, -0.15) is 0 Å². The highest BCUT2D eigenvalue weighted by molar-refractivity contribution is 14.1. The first-order valence-electron chi connectivity index (χ1n) is 5.49. The standard InChI is InChI=1S/C13H14INO/c14-15-13(16)12-8-7-10-5-3-1-2-4-6-11(10)9-12/h1-2,7-9H,3-6H2,(H,15,16)/b2-1+. The molecule has 1 aliphatic rings. The Labute approximate surface area is 110 Å². The third-order valence-corrected chi connectivity index (χ3v) is 3.37. The first-order chi connectivity index (χ1) is 7.81. The number of hydrogen-bond acceptors (Lipinski definition) is 1. The minimum absolute atomic E-state index is 0.0130. The molecule has 1 aromatic rings. The van der Waals surface area contributed by atoms with Crippen molar-refractivity contribution < 1.29 is 4.79 Å². The minimum atomic E-state index is -0.0130. The van der Waals surface area contributed by atoms with E-state index in [1.165, 1.54) is 11.1 Å². The summed E-state index contributed by atoms with van der Waals surface area (Å²) < 4.78 is 2.63. The number of fused-ring (bicyclic) bond motifs is 1. The van der Waals surface area contributed by atoms with Crippen molar-refractivity contribution in [2.75, 3.05) is 0 Å². The first kappa shape index (κ1) is 11.6. The number of carbonyl (C=O) groups is 1. The van der Waals surface area contributed by atoms with Crippen LogP contribution in [0.2, 0.25) is 0 Å². The summed E-state index contributed by atoms with van der Waals surface area (Å²) >= 11 is 1.88. The van der Waals surface area contributed by atoms with Crippen LogP contribution in [0.15, 0.2) is 30.4 Å². The summed E-state index contributed by atoms with van der Waals surface area (Å²) in [6.45, 7) is 0. The lowest BCUT2D eigenvalue weighted by Gasteiger charge is -2.11. The van der Waals surface area contributed by atoms with Crippen molar-refractivity contribution in [2.24, 2.45) is 0 Å². The molecule has 1 aliphatic carbocycles. The van der Waals surface area contributed by atoms with E-state index in [1.807, 2.05) is 35.0 Å². The number of hydrogen-bond donors (Lipinski definition) is 1. The number of aryl methyl sites for hydroxylation is 2. The quantitative estimate of drug-likeness (QED) is 0.479. The molecule has 0 fully saturated rings. The van der Waals surface area contributed by atoms with Crippen LogP contribution in [-0.4, -0.2) is 5.91 Å². The number of nitrogens with one attached hydrogen (secondary N) is 1. The zero-order valence-electron chi connectivity index (χ0n) is 9.00. The van der Waals surface area contributed by atoms with Crippen molar-refractivity contribution >= 4 is 28.8 Å². The molecule has 16 heavy (non-hydrogen) atoms. The van der Waals surface area contributed by atoms with Crippen LogP contribution in [0, 0.1) is 0 Å². The summed E-state index contributed by atoms with van der Waals surface area (Å²) in [5, 5.41) is 0. The van der Waals surface area contributed by atoms with Crippen molar-refractivity contribution in [2.45, 2.75) is 25.7 Å². The van der Waals surface area contributed by atoms with Crippen LogP contribution in [-0.2, 0) is 12.8 Å². The van der Waals surface area contributed by atoms with Crippen LogP contribution in [0.4, 0.5) is 0 Å². The summed E-state index contributed by atoms with van der Waals surface area (Å²) in [4.78, 5) is 11.5. The molecule has 0 atom stereocenters. The largest absolute Gasteiger partial charge is 0.295 e. The second-order valence-electron chi connectivity index (χ2n) is 3.96. The molecule has 2 nitrogen and oxygen atoms in total. The molecule has 1 amide bonds. The van der Waals surface area contributed by atoms with Gasteiger partial charge >= 0.3 is 0 Å². The van der Waals surface area contributed by atoms with Crippen LogP contribution in [0.25, 0.3) is 0 Å². The van der Waals surface area contributed by atoms with E-state index in [-0.39, 0.29) is 5.91 Å². The van der Waals surface area contributed by atoms with Crippen LogP contribution in [0.1, 0.15) is 34.3 Å². The Kier molecular flexibility index (Phi) is 3.98. The lowest BCUT2D eigenvalue weighted by atomic mass is 9.94. The molecule has 84 valence electrons. The van der Waals surface area contributed by atoms with Gasteiger partial charge in [-0.05, 0) is 48.9 Å². The molecule has 2 rings (SSSR count). The highest BCUT2D eigenvalue weighted by atomic mass is 127. The fourth-order valence-corrected chi connectivity index (χ4v) is 2.32. The molecule has 0 heterocycles. The average molecular weight is 327 g/mol. The summed E-state index contributed by atoms with van der Waals surface area (Å²) in [6, 6.07) is 6.04. The molecule has 0 aromatic heterocycles. The summed E-state index contributed by atoms with van der Waals surface area (Å²) in [6.07, 6.45) is 8.77. The van der Waals surface area contributed by atoms with Crippen molar-refractivity contribution in [3.63, 3.8) is 0 Å². The molecule has 0 bridgehead atoms. The van der Waals surface area contributed by atoms with E-state index in [0.717, 1.165) is 31.2 Å². The molecule has 0 spiro atoms. The van der Waals surface area contributed by atoms with E-state index in [2.05, 4.69) is 21.7 Å². The molecule has 0 saturated heterocycles. The van der Waals surface area contributed by atoms with E-state index in [1.54, 1.807) is 0 Å². The predicted octanol–water partition coefficient (Wildman–Crippen LogP) is 3.20. The number of benzene rings is 1. The second kappa shape index (κ2) is 5.48. The molecular weight excluding hydrogens is 313 g/mol. The van der Waals surface area contributed by atoms with Gasteiger partial charge in [0.05, 0.1) is 22.9 Å². The smallest absolute Gasteiger partial charge is 0.259 e. The van der Waals surface area contributed by atoms with Gasteiger partial charge in [-0.3, -0.25) is 8.32 Å². The topological polar surface area (TPSA) is 29.1 Å². The van der Waals surface area contributed by atoms with Crippen molar-refractivity contribution in [1.82, 2.24) is 3.53 Å². The summed E-state index contributed by atoms with van der Waals surface area (Å²) in [5.41, 5.74) is 3.47. The number of halogens is 1. The molecule has 0 aliphatic heterocycles. The van der Waals surface area contributed by atoms with Gasteiger partial charge in [-0.15, -0.1) is 0 Å². The third-order valence-electron chi connectivity index (χ3n) is 2.88. The lowest BCUT2D eigenvalue weighted by Crippen LogP contribution is -2.12. The lowest BCUT2D eigenvalue weighted by molar-refractivity contribution is 0.0989. The normalized spacial score (nSPS) is 16.8. The maximum absolute atomic E-state index is 11.5. The Hall–Kier alpha value is -0.840. The van der Waals surface area contributed by atoms with Gasteiger partial charge in [0.1, 0.15) is 0 Å². The molecule has 1 aromatic carbocycles. The van der Waals surface area contributed by atoms with E-state index < -0.39 is 0 Å². The van der Waals surface area contributed by atoms with Gasteiger partial charge in [-0.1, -0.05) is 18.2 Å². The number of amides is 1.